The number of hydrazine groups is 1. The molecule has 1 aromatic carbocycles. The molecule has 5 nitrogen and oxygen atoms in total. The monoisotopic (exact) mass is 348 g/mol. The van der Waals surface area contributed by atoms with Crippen LogP contribution in [0.5, 0.6) is 5.75 Å². The Kier molecular flexibility index (Phi) is 3.91. The zero-order valence-electron chi connectivity index (χ0n) is 8.18. The molecule has 3 N–H and O–H groups in total. The number of nitrogens with zero attached hydrogens (tertiary/aromatic N) is 2. The van der Waals surface area contributed by atoms with Gasteiger partial charge >= 0.3 is 0 Å². The van der Waals surface area contributed by atoms with Crippen LogP contribution in [0.3, 0.4) is 0 Å². The molecule has 1 heterocycles. The summed E-state index contributed by atoms with van der Waals surface area (Å²) in [5, 5.41) is 9.11. The molecular formula is C9H9IN4OS. The third-order valence-corrected chi connectivity index (χ3v) is 3.25. The number of rotatable bonds is 4. The van der Waals surface area contributed by atoms with Crippen molar-refractivity contribution in [3.8, 4) is 5.75 Å². The minimum absolute atomic E-state index is 0.402. The van der Waals surface area contributed by atoms with E-state index < -0.39 is 0 Å². The number of hydrogen-bond donors (Lipinski definition) is 2. The Morgan fingerprint density at radius 1 is 1.44 bits per heavy atom. The number of nitrogen functional groups attached to an aromatic ring is 1. The van der Waals surface area contributed by atoms with E-state index in [9.17, 15) is 0 Å². The van der Waals surface area contributed by atoms with Crippen molar-refractivity contribution in [1.82, 2.24) is 10.2 Å². The Morgan fingerprint density at radius 2 is 2.31 bits per heavy atom. The minimum Gasteiger partial charge on any atom is -0.486 e. The fourth-order valence-corrected chi connectivity index (χ4v) is 2.15. The molecule has 0 aliphatic rings. The fourth-order valence-electron chi connectivity index (χ4n) is 1.07. The first-order valence-corrected chi connectivity index (χ1v) is 6.35. The Labute approximate surface area is 110 Å². The van der Waals surface area contributed by atoms with Crippen LogP contribution in [0, 0.1) is 3.57 Å². The van der Waals surface area contributed by atoms with Gasteiger partial charge in [-0.3, -0.25) is 5.43 Å². The first-order chi connectivity index (χ1) is 7.78. The Balaban J connectivity index is 1.96. The fraction of sp³-hybridized carbons (Fsp3) is 0.111. The van der Waals surface area contributed by atoms with Gasteiger partial charge in [-0.05, 0) is 40.8 Å². The number of nitrogens with one attached hydrogen (secondary N) is 1. The molecule has 0 spiro atoms. The lowest BCUT2D eigenvalue weighted by Gasteiger charge is -2.03. The lowest BCUT2D eigenvalue weighted by atomic mass is 10.3. The second kappa shape index (κ2) is 5.41. The van der Waals surface area contributed by atoms with Crippen molar-refractivity contribution in [2.75, 3.05) is 5.43 Å². The molecule has 0 saturated heterocycles. The van der Waals surface area contributed by atoms with Gasteiger partial charge in [-0.2, -0.15) is 0 Å². The van der Waals surface area contributed by atoms with Crippen LogP contribution in [-0.4, -0.2) is 10.2 Å². The summed E-state index contributed by atoms with van der Waals surface area (Å²) in [6.07, 6.45) is 0. The van der Waals surface area contributed by atoms with Crippen LogP contribution in [0.15, 0.2) is 24.3 Å². The van der Waals surface area contributed by atoms with Crippen molar-refractivity contribution in [2.24, 2.45) is 5.84 Å². The van der Waals surface area contributed by atoms with Crippen molar-refractivity contribution in [1.29, 1.82) is 0 Å². The van der Waals surface area contributed by atoms with Crippen molar-refractivity contribution < 1.29 is 4.74 Å². The van der Waals surface area contributed by atoms with E-state index >= 15 is 0 Å². The van der Waals surface area contributed by atoms with Crippen LogP contribution >= 0.6 is 33.9 Å². The maximum absolute atomic E-state index is 5.57. The van der Waals surface area contributed by atoms with Gasteiger partial charge in [0.2, 0.25) is 5.13 Å². The maximum atomic E-state index is 5.57. The van der Waals surface area contributed by atoms with Gasteiger partial charge in [0.05, 0.1) is 0 Å². The normalized spacial score (nSPS) is 10.1. The number of aromatic nitrogens is 2. The first-order valence-electron chi connectivity index (χ1n) is 4.45. The van der Waals surface area contributed by atoms with Gasteiger partial charge in [0.15, 0.2) is 5.01 Å². The molecule has 84 valence electrons. The average molecular weight is 348 g/mol. The zero-order valence-corrected chi connectivity index (χ0v) is 11.2. The van der Waals surface area contributed by atoms with E-state index in [2.05, 4.69) is 38.2 Å². The van der Waals surface area contributed by atoms with Crippen LogP contribution in [-0.2, 0) is 6.61 Å². The lowest BCUT2D eigenvalue weighted by Crippen LogP contribution is -2.05. The third-order valence-electron chi connectivity index (χ3n) is 1.75. The number of nitrogens with two attached hydrogens (primary N) is 1. The topological polar surface area (TPSA) is 73.1 Å². The van der Waals surface area contributed by atoms with Crippen LogP contribution in [0.4, 0.5) is 5.13 Å². The molecule has 2 rings (SSSR count). The van der Waals surface area contributed by atoms with E-state index in [4.69, 9.17) is 10.6 Å². The van der Waals surface area contributed by atoms with Gasteiger partial charge in [-0.1, -0.05) is 17.4 Å². The van der Waals surface area contributed by atoms with Crippen molar-refractivity contribution in [3.63, 3.8) is 0 Å². The van der Waals surface area contributed by atoms with E-state index in [1.165, 1.54) is 11.3 Å². The van der Waals surface area contributed by atoms with Crippen LogP contribution in [0.2, 0.25) is 0 Å². The molecule has 2 aromatic rings. The summed E-state index contributed by atoms with van der Waals surface area (Å²) < 4.78 is 6.70. The number of hydrogen-bond acceptors (Lipinski definition) is 6. The molecule has 0 saturated carbocycles. The molecular weight excluding hydrogens is 339 g/mol. The van der Waals surface area contributed by atoms with Gasteiger partial charge in [0, 0.05) is 3.57 Å². The molecule has 1 aromatic heterocycles. The number of anilines is 1. The number of benzene rings is 1. The SMILES string of the molecule is NNc1nnc(COc2cccc(I)c2)s1. The third kappa shape index (κ3) is 3.03. The highest BCUT2D eigenvalue weighted by molar-refractivity contribution is 14.1. The summed E-state index contributed by atoms with van der Waals surface area (Å²) in [4.78, 5) is 0. The highest BCUT2D eigenvalue weighted by atomic mass is 127. The molecule has 0 bridgehead atoms. The van der Waals surface area contributed by atoms with Crippen LogP contribution < -0.4 is 16.0 Å². The summed E-state index contributed by atoms with van der Waals surface area (Å²) >= 11 is 3.61. The highest BCUT2D eigenvalue weighted by Gasteiger charge is 2.03. The average Bonchev–Trinajstić information content (AvgIpc) is 2.74. The summed E-state index contributed by atoms with van der Waals surface area (Å²) in [6.45, 7) is 0.402. The van der Waals surface area contributed by atoms with Gasteiger partial charge in [-0.15, -0.1) is 10.2 Å². The predicted molar refractivity (Wildman–Crippen MR) is 71.2 cm³/mol. The smallest absolute Gasteiger partial charge is 0.219 e. The summed E-state index contributed by atoms with van der Waals surface area (Å²) in [7, 11) is 0. The van der Waals surface area contributed by atoms with E-state index in [-0.39, 0.29) is 0 Å². The maximum Gasteiger partial charge on any atom is 0.219 e. The largest absolute Gasteiger partial charge is 0.486 e. The number of ether oxygens (including phenoxy) is 1. The second-order valence-corrected chi connectivity index (χ2v) is 5.20. The molecule has 0 aliphatic heterocycles. The number of halogens is 1. The van der Waals surface area contributed by atoms with E-state index in [1.807, 2.05) is 24.3 Å². The van der Waals surface area contributed by atoms with E-state index in [1.54, 1.807) is 0 Å². The highest BCUT2D eigenvalue weighted by Crippen LogP contribution is 2.18. The van der Waals surface area contributed by atoms with Gasteiger partial charge in [-0.25, -0.2) is 5.84 Å². The van der Waals surface area contributed by atoms with Crippen LogP contribution in [0.25, 0.3) is 0 Å². The Bertz CT molecular complexity index is 476. The van der Waals surface area contributed by atoms with E-state index in [0.717, 1.165) is 14.3 Å². The van der Waals surface area contributed by atoms with E-state index in [0.29, 0.717) is 11.7 Å². The molecule has 0 radical (unpaired) electrons. The van der Waals surface area contributed by atoms with Crippen molar-refractivity contribution in [2.45, 2.75) is 6.61 Å². The molecule has 0 unspecified atom stereocenters. The van der Waals surface area contributed by atoms with Crippen molar-refractivity contribution in [3.05, 3.63) is 32.8 Å². The standard InChI is InChI=1S/C9H9IN4OS/c10-6-2-1-3-7(4-6)15-5-8-13-14-9(12-11)16-8/h1-4H,5,11H2,(H,12,14). The summed E-state index contributed by atoms with van der Waals surface area (Å²) in [5.41, 5.74) is 2.44. The molecule has 0 atom stereocenters. The quantitative estimate of drug-likeness (QED) is 0.502. The molecule has 0 aliphatic carbocycles. The molecule has 0 fully saturated rings. The van der Waals surface area contributed by atoms with Crippen molar-refractivity contribution >= 4 is 39.1 Å². The van der Waals surface area contributed by atoms with Gasteiger partial charge in [0.25, 0.3) is 0 Å². The summed E-state index contributed by atoms with van der Waals surface area (Å²) in [6, 6.07) is 7.83. The predicted octanol–water partition coefficient (Wildman–Crippen LogP) is 2.01. The molecule has 7 heteroatoms. The lowest BCUT2D eigenvalue weighted by molar-refractivity contribution is 0.304. The minimum atomic E-state index is 0.402. The Hall–Kier alpha value is -0.930. The second-order valence-electron chi connectivity index (χ2n) is 2.89. The first kappa shape index (κ1) is 11.6. The zero-order chi connectivity index (χ0) is 11.4. The molecule has 0 amide bonds. The summed E-state index contributed by atoms with van der Waals surface area (Å²) in [5.74, 6) is 6.03. The Morgan fingerprint density at radius 3 is 3.00 bits per heavy atom. The van der Waals surface area contributed by atoms with Gasteiger partial charge < -0.3 is 4.74 Å². The van der Waals surface area contributed by atoms with Gasteiger partial charge in [0.1, 0.15) is 12.4 Å². The van der Waals surface area contributed by atoms with Crippen LogP contribution in [0.1, 0.15) is 5.01 Å². The molecule has 16 heavy (non-hydrogen) atoms.